The lowest BCUT2D eigenvalue weighted by Crippen LogP contribution is -2.38. The molecule has 3 aromatic rings. The van der Waals surface area contributed by atoms with Gasteiger partial charge in [-0.15, -0.1) is 24.0 Å². The van der Waals surface area contributed by atoms with Crippen LogP contribution in [-0.2, 0) is 6.54 Å². The van der Waals surface area contributed by atoms with Crippen molar-refractivity contribution in [3.05, 3.63) is 78.1 Å². The Hall–Kier alpha value is -2.62. The average Bonchev–Trinajstić information content (AvgIpc) is 3.52. The second-order valence-electron chi connectivity index (χ2n) is 8.11. The Bertz CT molecular complexity index is 1050. The third-order valence-corrected chi connectivity index (χ3v) is 5.75. The molecule has 0 radical (unpaired) electrons. The van der Waals surface area contributed by atoms with Crippen LogP contribution < -0.4 is 15.5 Å². The molecule has 8 heteroatoms. The van der Waals surface area contributed by atoms with E-state index in [0.717, 1.165) is 25.2 Å². The van der Waals surface area contributed by atoms with E-state index in [2.05, 4.69) is 56.7 Å². The van der Waals surface area contributed by atoms with Crippen LogP contribution in [0.15, 0.2) is 66.2 Å². The normalized spacial score (nSPS) is 14.6. The van der Waals surface area contributed by atoms with E-state index in [4.69, 9.17) is 0 Å². The summed E-state index contributed by atoms with van der Waals surface area (Å²) >= 11 is 0. The first kappa shape index (κ1) is 25.0. The minimum atomic E-state index is -0.291. The lowest BCUT2D eigenvalue weighted by Gasteiger charge is -2.22. The molecule has 0 saturated carbocycles. The lowest BCUT2D eigenvalue weighted by atomic mass is 10.1. The van der Waals surface area contributed by atoms with Gasteiger partial charge in [-0.1, -0.05) is 18.2 Å². The summed E-state index contributed by atoms with van der Waals surface area (Å²) in [5, 5.41) is 6.78. The van der Waals surface area contributed by atoms with E-state index in [9.17, 15) is 4.39 Å². The van der Waals surface area contributed by atoms with Gasteiger partial charge in [-0.2, -0.15) is 0 Å². The van der Waals surface area contributed by atoms with Crippen LogP contribution in [0.2, 0.25) is 0 Å². The van der Waals surface area contributed by atoms with Gasteiger partial charge in [0.25, 0.3) is 0 Å². The molecule has 33 heavy (non-hydrogen) atoms. The Kier molecular flexibility index (Phi) is 9.11. The first-order valence-corrected chi connectivity index (χ1v) is 11.3. The van der Waals surface area contributed by atoms with Gasteiger partial charge in [0.15, 0.2) is 5.96 Å². The molecular formula is C25H32FIN6. The Labute approximate surface area is 212 Å². The maximum Gasteiger partial charge on any atom is 0.192 e. The molecule has 1 aliphatic heterocycles. The Morgan fingerprint density at radius 1 is 1.18 bits per heavy atom. The summed E-state index contributed by atoms with van der Waals surface area (Å²) in [5.74, 6) is 0.423. The van der Waals surface area contributed by atoms with Crippen LogP contribution in [0.25, 0.3) is 5.69 Å². The van der Waals surface area contributed by atoms with E-state index in [-0.39, 0.29) is 35.8 Å². The van der Waals surface area contributed by atoms with Gasteiger partial charge < -0.3 is 20.1 Å². The number of anilines is 1. The monoisotopic (exact) mass is 562 g/mol. The molecule has 1 aromatic heterocycles. The standard InChI is InChI=1S/C25H31FN6.HI/c1-3-28-25(29-17-20-9-10-24(23(26)15-20)32-14-11-27-18-32)30-19(2)21-7-6-8-22(16-21)31-12-4-5-13-31;/h6-11,14-16,18-19H,3-5,12-13,17H2,1-2H3,(H2,28,29,30);1H. The van der Waals surface area contributed by atoms with Crippen molar-refractivity contribution in [3.8, 4) is 5.69 Å². The zero-order chi connectivity index (χ0) is 22.3. The van der Waals surface area contributed by atoms with Crippen LogP contribution in [-0.4, -0.2) is 35.1 Å². The summed E-state index contributed by atoms with van der Waals surface area (Å²) in [6.45, 7) is 7.57. The quantitative estimate of drug-likeness (QED) is 0.241. The second kappa shape index (κ2) is 12.0. The number of halogens is 2. The third-order valence-electron chi connectivity index (χ3n) is 5.75. The number of hydrogen-bond acceptors (Lipinski definition) is 3. The van der Waals surface area contributed by atoms with E-state index in [1.807, 2.05) is 13.0 Å². The molecule has 0 bridgehead atoms. The van der Waals surface area contributed by atoms with Crippen LogP contribution in [0.5, 0.6) is 0 Å². The van der Waals surface area contributed by atoms with Gasteiger partial charge in [0, 0.05) is 37.7 Å². The van der Waals surface area contributed by atoms with Gasteiger partial charge in [-0.3, -0.25) is 0 Å². The van der Waals surface area contributed by atoms with Crippen molar-refractivity contribution in [2.45, 2.75) is 39.3 Å². The number of hydrogen-bond donors (Lipinski definition) is 2. The van der Waals surface area contributed by atoms with Crippen molar-refractivity contribution in [3.63, 3.8) is 0 Å². The van der Waals surface area contributed by atoms with E-state index in [1.165, 1.54) is 30.2 Å². The van der Waals surface area contributed by atoms with Crippen LogP contribution in [0.3, 0.4) is 0 Å². The predicted octanol–water partition coefficient (Wildman–Crippen LogP) is 5.05. The average molecular weight is 562 g/mol. The fourth-order valence-electron chi connectivity index (χ4n) is 4.00. The van der Waals surface area contributed by atoms with E-state index in [1.54, 1.807) is 29.4 Å². The molecule has 0 spiro atoms. The largest absolute Gasteiger partial charge is 0.372 e. The number of rotatable bonds is 7. The summed E-state index contributed by atoms with van der Waals surface area (Å²) < 4.78 is 16.2. The number of guanidine groups is 1. The molecular weight excluding hydrogens is 530 g/mol. The molecule has 0 aliphatic carbocycles. The zero-order valence-corrected chi connectivity index (χ0v) is 21.5. The molecule has 1 unspecified atom stereocenters. The van der Waals surface area contributed by atoms with E-state index >= 15 is 0 Å². The van der Waals surface area contributed by atoms with Crippen molar-refractivity contribution < 1.29 is 4.39 Å². The van der Waals surface area contributed by atoms with Gasteiger partial charge in [-0.25, -0.2) is 14.4 Å². The number of benzene rings is 2. The molecule has 176 valence electrons. The van der Waals surface area contributed by atoms with Gasteiger partial charge >= 0.3 is 0 Å². The van der Waals surface area contributed by atoms with Crippen molar-refractivity contribution in [2.75, 3.05) is 24.5 Å². The first-order chi connectivity index (χ1) is 15.6. The van der Waals surface area contributed by atoms with Gasteiger partial charge in [0.05, 0.1) is 24.6 Å². The highest BCUT2D eigenvalue weighted by Crippen LogP contribution is 2.24. The summed E-state index contributed by atoms with van der Waals surface area (Å²) in [6.07, 6.45) is 7.47. The third kappa shape index (κ3) is 6.46. The zero-order valence-electron chi connectivity index (χ0n) is 19.2. The first-order valence-electron chi connectivity index (χ1n) is 11.3. The number of imidazole rings is 1. The molecule has 1 fully saturated rings. The molecule has 4 rings (SSSR count). The van der Waals surface area contributed by atoms with Gasteiger partial charge in [0.2, 0.25) is 0 Å². The van der Waals surface area contributed by atoms with E-state index in [0.29, 0.717) is 18.2 Å². The Morgan fingerprint density at radius 2 is 2.00 bits per heavy atom. The molecule has 2 heterocycles. The van der Waals surface area contributed by atoms with Crippen molar-refractivity contribution in [2.24, 2.45) is 4.99 Å². The highest BCUT2D eigenvalue weighted by molar-refractivity contribution is 14.0. The highest BCUT2D eigenvalue weighted by Gasteiger charge is 2.14. The van der Waals surface area contributed by atoms with Crippen molar-refractivity contribution in [1.29, 1.82) is 0 Å². The van der Waals surface area contributed by atoms with Crippen LogP contribution in [0, 0.1) is 5.82 Å². The fraction of sp³-hybridized carbons (Fsp3) is 0.360. The number of nitrogens with zero attached hydrogens (tertiary/aromatic N) is 4. The van der Waals surface area contributed by atoms with Gasteiger partial charge in [0.1, 0.15) is 5.82 Å². The minimum Gasteiger partial charge on any atom is -0.372 e. The van der Waals surface area contributed by atoms with Crippen molar-refractivity contribution >= 4 is 35.6 Å². The molecule has 2 N–H and O–H groups in total. The van der Waals surface area contributed by atoms with Crippen LogP contribution >= 0.6 is 24.0 Å². The molecule has 1 atom stereocenters. The smallest absolute Gasteiger partial charge is 0.192 e. The number of aliphatic imine (C=N–C) groups is 1. The SMILES string of the molecule is CCNC(=NCc1ccc(-n2ccnc2)c(F)c1)NC(C)c1cccc(N2CCCC2)c1.I. The minimum absolute atomic E-state index is 0. The molecule has 1 saturated heterocycles. The second-order valence-corrected chi connectivity index (χ2v) is 8.11. The van der Waals surface area contributed by atoms with E-state index < -0.39 is 0 Å². The molecule has 6 nitrogen and oxygen atoms in total. The number of nitrogens with one attached hydrogen (secondary N) is 2. The van der Waals surface area contributed by atoms with Crippen LogP contribution in [0.4, 0.5) is 10.1 Å². The van der Waals surface area contributed by atoms with Crippen molar-refractivity contribution in [1.82, 2.24) is 20.2 Å². The highest BCUT2D eigenvalue weighted by atomic mass is 127. The fourth-order valence-corrected chi connectivity index (χ4v) is 4.00. The summed E-state index contributed by atoms with van der Waals surface area (Å²) in [5.41, 5.74) is 3.79. The summed E-state index contributed by atoms with van der Waals surface area (Å²) in [4.78, 5) is 11.1. The van der Waals surface area contributed by atoms with Gasteiger partial charge in [-0.05, 0) is 62.1 Å². The predicted molar refractivity (Wildman–Crippen MR) is 143 cm³/mol. The maximum absolute atomic E-state index is 14.6. The topological polar surface area (TPSA) is 57.5 Å². The molecule has 0 amide bonds. The molecule has 2 aromatic carbocycles. The summed E-state index contributed by atoms with van der Waals surface area (Å²) in [7, 11) is 0. The van der Waals surface area contributed by atoms with Crippen LogP contribution in [0.1, 0.15) is 43.9 Å². The maximum atomic E-state index is 14.6. The number of aromatic nitrogens is 2. The lowest BCUT2D eigenvalue weighted by molar-refractivity contribution is 0.615. The Morgan fingerprint density at radius 3 is 2.70 bits per heavy atom. The Balaban J connectivity index is 0.00000306. The summed E-state index contributed by atoms with van der Waals surface area (Å²) in [6, 6.07) is 14.0. The molecule has 1 aliphatic rings.